The largest absolute Gasteiger partial charge is 0.507 e. The van der Waals surface area contributed by atoms with E-state index in [9.17, 15) is 5.11 Å². The van der Waals surface area contributed by atoms with Gasteiger partial charge in [0.05, 0.1) is 5.69 Å². The van der Waals surface area contributed by atoms with Crippen LogP contribution in [0.1, 0.15) is 12.5 Å². The minimum Gasteiger partial charge on any atom is -0.507 e. The molecule has 5 nitrogen and oxygen atoms in total. The number of anilines is 1. The summed E-state index contributed by atoms with van der Waals surface area (Å²) >= 11 is 0. The average molecular weight is 344 g/mol. The number of phenolic OH excluding ortho intramolecular Hbond substituents is 1. The quantitative estimate of drug-likeness (QED) is 0.578. The third kappa shape index (κ3) is 2.67. The molecule has 0 aliphatic carbocycles. The fourth-order valence-corrected chi connectivity index (χ4v) is 3.30. The molecule has 0 atom stereocenters. The van der Waals surface area contributed by atoms with Crippen LogP contribution in [0.4, 0.5) is 5.95 Å². The van der Waals surface area contributed by atoms with Crippen LogP contribution in [-0.2, 0) is 6.54 Å². The van der Waals surface area contributed by atoms with Crippen LogP contribution < -0.4 is 5.73 Å². The topological polar surface area (TPSA) is 77.0 Å². The van der Waals surface area contributed by atoms with E-state index in [1.807, 2.05) is 19.1 Å². The van der Waals surface area contributed by atoms with E-state index in [1.165, 1.54) is 5.52 Å². The molecule has 0 fully saturated rings. The van der Waals surface area contributed by atoms with Gasteiger partial charge in [-0.25, -0.2) is 9.97 Å². The lowest BCUT2D eigenvalue weighted by atomic mass is 9.98. The van der Waals surface area contributed by atoms with E-state index in [1.54, 1.807) is 12.3 Å². The highest BCUT2D eigenvalue weighted by molar-refractivity contribution is 5.90. The Kier molecular flexibility index (Phi) is 3.84. The Labute approximate surface area is 151 Å². The van der Waals surface area contributed by atoms with Crippen molar-refractivity contribution < 1.29 is 5.11 Å². The molecule has 2 heterocycles. The fraction of sp³-hybridized carbons (Fsp3) is 0.143. The molecule has 130 valence electrons. The van der Waals surface area contributed by atoms with Crippen LogP contribution in [0.15, 0.2) is 54.9 Å². The molecule has 0 unspecified atom stereocenters. The van der Waals surface area contributed by atoms with Gasteiger partial charge in [0.1, 0.15) is 5.75 Å². The Hall–Kier alpha value is -3.34. The third-order valence-electron chi connectivity index (χ3n) is 4.64. The molecule has 5 heteroatoms. The number of phenols is 1. The van der Waals surface area contributed by atoms with Crippen molar-refractivity contribution in [2.75, 3.05) is 5.73 Å². The van der Waals surface area contributed by atoms with Crippen LogP contribution >= 0.6 is 0 Å². The maximum Gasteiger partial charge on any atom is 0.220 e. The van der Waals surface area contributed by atoms with Gasteiger partial charge in [0, 0.05) is 41.0 Å². The van der Waals surface area contributed by atoms with E-state index >= 15 is 0 Å². The van der Waals surface area contributed by atoms with Crippen LogP contribution in [0.25, 0.3) is 33.3 Å². The Bertz CT molecular complexity index is 1110. The van der Waals surface area contributed by atoms with Crippen LogP contribution in [0, 0.1) is 6.92 Å². The van der Waals surface area contributed by atoms with E-state index in [2.05, 4.69) is 51.9 Å². The van der Waals surface area contributed by atoms with Gasteiger partial charge in [-0.15, -0.1) is 0 Å². The van der Waals surface area contributed by atoms with E-state index in [0.29, 0.717) is 11.3 Å². The van der Waals surface area contributed by atoms with Gasteiger partial charge in [-0.05, 0) is 49.7 Å². The van der Waals surface area contributed by atoms with Gasteiger partial charge in [0.15, 0.2) is 0 Å². The van der Waals surface area contributed by atoms with Gasteiger partial charge < -0.3 is 15.4 Å². The number of rotatable bonds is 3. The molecular formula is C21H20N4O. The first-order valence-corrected chi connectivity index (χ1v) is 8.58. The number of nitrogens with two attached hydrogens (primary N) is 1. The average Bonchev–Trinajstić information content (AvgIpc) is 3.06. The molecular weight excluding hydrogens is 324 g/mol. The molecule has 2 aromatic carbocycles. The molecule has 4 rings (SSSR count). The lowest BCUT2D eigenvalue weighted by Gasteiger charge is -2.12. The Balaban J connectivity index is 1.94. The molecule has 2 aromatic heterocycles. The van der Waals surface area contributed by atoms with Gasteiger partial charge >= 0.3 is 0 Å². The normalized spacial score (nSPS) is 11.2. The summed E-state index contributed by atoms with van der Waals surface area (Å²) in [6.07, 6.45) is 3.80. The van der Waals surface area contributed by atoms with Crippen molar-refractivity contribution in [3.63, 3.8) is 0 Å². The fourth-order valence-electron chi connectivity index (χ4n) is 3.30. The predicted octanol–water partition coefficient (Wildman–Crippen LogP) is 4.38. The summed E-state index contributed by atoms with van der Waals surface area (Å²) in [5.41, 5.74) is 11.2. The summed E-state index contributed by atoms with van der Waals surface area (Å²) < 4.78 is 2.20. The predicted molar refractivity (Wildman–Crippen MR) is 105 cm³/mol. The van der Waals surface area contributed by atoms with Crippen LogP contribution in [0.5, 0.6) is 5.75 Å². The summed E-state index contributed by atoms with van der Waals surface area (Å²) in [5, 5.41) is 11.5. The minimum atomic E-state index is 0.174. The highest BCUT2D eigenvalue weighted by Crippen LogP contribution is 2.37. The zero-order valence-electron chi connectivity index (χ0n) is 14.8. The van der Waals surface area contributed by atoms with Gasteiger partial charge in [0.25, 0.3) is 0 Å². The van der Waals surface area contributed by atoms with Gasteiger partial charge in [-0.2, -0.15) is 0 Å². The van der Waals surface area contributed by atoms with E-state index in [-0.39, 0.29) is 11.7 Å². The summed E-state index contributed by atoms with van der Waals surface area (Å²) in [4.78, 5) is 8.60. The van der Waals surface area contributed by atoms with Crippen molar-refractivity contribution in [2.24, 2.45) is 0 Å². The molecule has 3 N–H and O–H groups in total. The van der Waals surface area contributed by atoms with E-state index in [0.717, 1.165) is 28.6 Å². The molecule has 0 bridgehead atoms. The maximum absolute atomic E-state index is 10.4. The molecule has 4 aromatic rings. The van der Waals surface area contributed by atoms with E-state index < -0.39 is 0 Å². The van der Waals surface area contributed by atoms with Crippen molar-refractivity contribution >= 4 is 16.9 Å². The molecule has 0 aliphatic heterocycles. The van der Waals surface area contributed by atoms with Gasteiger partial charge in [-0.1, -0.05) is 17.7 Å². The molecule has 0 saturated carbocycles. The summed E-state index contributed by atoms with van der Waals surface area (Å²) in [7, 11) is 0. The summed E-state index contributed by atoms with van der Waals surface area (Å²) in [6, 6.07) is 13.8. The minimum absolute atomic E-state index is 0.174. The number of nitrogens with zero attached hydrogens (tertiary/aromatic N) is 3. The number of aromatic nitrogens is 3. The molecule has 0 spiro atoms. The number of hydrogen-bond donors (Lipinski definition) is 2. The maximum atomic E-state index is 10.4. The Morgan fingerprint density at radius 2 is 1.92 bits per heavy atom. The summed E-state index contributed by atoms with van der Waals surface area (Å²) in [5.74, 6) is 0.357. The van der Waals surface area contributed by atoms with Crippen LogP contribution in [-0.4, -0.2) is 19.6 Å². The second-order valence-corrected chi connectivity index (χ2v) is 6.39. The van der Waals surface area contributed by atoms with Crippen molar-refractivity contribution in [2.45, 2.75) is 20.4 Å². The highest BCUT2D eigenvalue weighted by Gasteiger charge is 2.15. The first kappa shape index (κ1) is 16.1. The van der Waals surface area contributed by atoms with Crippen molar-refractivity contribution in [1.29, 1.82) is 0 Å². The number of hydrogen-bond acceptors (Lipinski definition) is 4. The van der Waals surface area contributed by atoms with Crippen molar-refractivity contribution in [3.05, 3.63) is 60.4 Å². The number of aryl methyl sites for hydroxylation is 2. The second kappa shape index (κ2) is 6.19. The molecule has 0 aliphatic rings. The Morgan fingerprint density at radius 1 is 1.08 bits per heavy atom. The number of aromatic hydroxyl groups is 1. The molecule has 26 heavy (non-hydrogen) atoms. The monoisotopic (exact) mass is 344 g/mol. The number of benzene rings is 2. The Morgan fingerprint density at radius 3 is 2.73 bits per heavy atom. The molecule has 0 radical (unpaired) electrons. The zero-order valence-corrected chi connectivity index (χ0v) is 14.8. The van der Waals surface area contributed by atoms with Crippen LogP contribution in [0.3, 0.4) is 0 Å². The number of fused-ring (bicyclic) bond motifs is 1. The lowest BCUT2D eigenvalue weighted by molar-refractivity contribution is 0.477. The smallest absolute Gasteiger partial charge is 0.220 e. The number of nitrogen functional groups attached to an aromatic ring is 1. The van der Waals surface area contributed by atoms with E-state index in [4.69, 9.17) is 5.73 Å². The van der Waals surface area contributed by atoms with Crippen molar-refractivity contribution in [1.82, 2.24) is 14.5 Å². The summed E-state index contributed by atoms with van der Waals surface area (Å²) in [6.45, 7) is 5.03. The SMILES string of the molecule is CCn1ccc2cc(-c3cnc(N)nc3-c3cc(C)ccc3O)ccc21. The zero-order chi connectivity index (χ0) is 18.3. The lowest BCUT2D eigenvalue weighted by Crippen LogP contribution is -1.99. The van der Waals surface area contributed by atoms with Crippen molar-refractivity contribution in [3.8, 4) is 28.1 Å². The van der Waals surface area contributed by atoms with Gasteiger partial charge in [-0.3, -0.25) is 0 Å². The van der Waals surface area contributed by atoms with Gasteiger partial charge in [0.2, 0.25) is 5.95 Å². The first-order chi connectivity index (χ1) is 12.6. The standard InChI is InChI=1S/C21H20N4O/c1-3-25-9-8-15-11-14(5-6-18(15)25)17-12-23-21(22)24-20(17)16-10-13(2)4-7-19(16)26/h4-12,26H,3H2,1-2H3,(H2,22,23,24). The van der Waals surface area contributed by atoms with Crippen LogP contribution in [0.2, 0.25) is 0 Å². The highest BCUT2D eigenvalue weighted by atomic mass is 16.3. The third-order valence-corrected chi connectivity index (χ3v) is 4.64. The second-order valence-electron chi connectivity index (χ2n) is 6.39. The molecule has 0 saturated heterocycles. The molecule has 0 amide bonds. The first-order valence-electron chi connectivity index (χ1n) is 8.58.